The van der Waals surface area contributed by atoms with Crippen molar-refractivity contribution in [1.82, 2.24) is 9.55 Å². The first-order valence-electron chi connectivity index (χ1n) is 4.47. The second kappa shape index (κ2) is 4.46. The van der Waals surface area contributed by atoms with Gasteiger partial charge in [0.1, 0.15) is 0 Å². The number of H-pyrrole nitrogens is 1. The van der Waals surface area contributed by atoms with Crippen LogP contribution >= 0.6 is 27.5 Å². The molecule has 0 amide bonds. The van der Waals surface area contributed by atoms with Crippen molar-refractivity contribution in [3.63, 3.8) is 0 Å². The van der Waals surface area contributed by atoms with E-state index in [2.05, 4.69) is 15.9 Å². The van der Waals surface area contributed by atoms with Crippen molar-refractivity contribution in [2.24, 2.45) is 0 Å². The van der Waals surface area contributed by atoms with Crippen molar-refractivity contribution in [2.75, 3.05) is 0 Å². The minimum atomic E-state index is -1.19. The van der Waals surface area contributed by atoms with Crippen LogP contribution in [-0.4, -0.2) is 9.55 Å². The van der Waals surface area contributed by atoms with Gasteiger partial charge < -0.3 is 0 Å². The third-order valence-electron chi connectivity index (χ3n) is 2.09. The number of halogens is 3. The summed E-state index contributed by atoms with van der Waals surface area (Å²) in [6.45, 7) is 0. The van der Waals surface area contributed by atoms with E-state index in [0.717, 1.165) is 4.47 Å². The highest BCUT2D eigenvalue weighted by atomic mass is 79.9. The molecular weight excluding hydrogens is 314 g/mol. The van der Waals surface area contributed by atoms with Crippen LogP contribution in [0.4, 0.5) is 4.39 Å². The second-order valence-corrected chi connectivity index (χ2v) is 4.47. The first kappa shape index (κ1) is 12.1. The highest BCUT2D eigenvalue weighted by Gasteiger charge is 2.13. The average molecular weight is 320 g/mol. The summed E-state index contributed by atoms with van der Waals surface area (Å²) in [6.07, 6.45) is 0. The number of nitrogens with one attached hydrogen (secondary N) is 1. The normalized spacial score (nSPS) is 10.5. The fourth-order valence-corrected chi connectivity index (χ4v) is 1.74. The van der Waals surface area contributed by atoms with E-state index in [0.29, 0.717) is 4.57 Å². The van der Waals surface area contributed by atoms with Gasteiger partial charge in [0.2, 0.25) is 5.82 Å². The first-order chi connectivity index (χ1) is 8.00. The molecule has 1 N–H and O–H groups in total. The summed E-state index contributed by atoms with van der Waals surface area (Å²) < 4.78 is 14.7. The molecule has 7 heteroatoms. The van der Waals surface area contributed by atoms with Crippen molar-refractivity contribution >= 4 is 27.5 Å². The largest absolute Gasteiger partial charge is 0.334 e. The molecule has 4 nitrogen and oxygen atoms in total. The quantitative estimate of drug-likeness (QED) is 0.818. The summed E-state index contributed by atoms with van der Waals surface area (Å²) in [4.78, 5) is 25.2. The van der Waals surface area contributed by atoms with Crippen LogP contribution in [0, 0.1) is 5.82 Å². The van der Waals surface area contributed by atoms with E-state index >= 15 is 0 Å². The Labute approximate surface area is 108 Å². The van der Waals surface area contributed by atoms with Gasteiger partial charge in [0.05, 0.1) is 5.69 Å². The van der Waals surface area contributed by atoms with Crippen LogP contribution in [0.25, 0.3) is 5.69 Å². The number of rotatable bonds is 1. The van der Waals surface area contributed by atoms with Gasteiger partial charge in [-0.25, -0.2) is 9.36 Å². The maximum absolute atomic E-state index is 13.3. The SMILES string of the molecule is O=c1[nH]c(Cl)c(F)c(=O)n1-c1ccc(Br)cc1. The minimum Gasteiger partial charge on any atom is -0.295 e. The fraction of sp³-hybridized carbons (Fsp3) is 0. The van der Waals surface area contributed by atoms with Gasteiger partial charge in [-0.15, -0.1) is 0 Å². The summed E-state index contributed by atoms with van der Waals surface area (Å²) in [5.74, 6) is -1.19. The van der Waals surface area contributed by atoms with E-state index in [1.54, 1.807) is 12.1 Å². The maximum atomic E-state index is 13.3. The lowest BCUT2D eigenvalue weighted by molar-refractivity contribution is 0.584. The van der Waals surface area contributed by atoms with Gasteiger partial charge in [0.15, 0.2) is 5.15 Å². The van der Waals surface area contributed by atoms with Crippen LogP contribution in [0.1, 0.15) is 0 Å². The zero-order valence-corrected chi connectivity index (χ0v) is 10.5. The summed E-state index contributed by atoms with van der Waals surface area (Å²) >= 11 is 8.57. The Hall–Kier alpha value is -1.40. The van der Waals surface area contributed by atoms with Gasteiger partial charge in [-0.2, -0.15) is 4.39 Å². The smallest absolute Gasteiger partial charge is 0.295 e. The molecule has 2 rings (SSSR count). The van der Waals surface area contributed by atoms with Crippen LogP contribution in [0.2, 0.25) is 5.15 Å². The molecule has 1 aromatic carbocycles. The molecule has 0 unspecified atom stereocenters. The van der Waals surface area contributed by atoms with E-state index in [-0.39, 0.29) is 5.69 Å². The van der Waals surface area contributed by atoms with Crippen LogP contribution in [0.5, 0.6) is 0 Å². The van der Waals surface area contributed by atoms with Crippen LogP contribution in [-0.2, 0) is 0 Å². The molecule has 1 aromatic heterocycles. The van der Waals surface area contributed by atoms with E-state index < -0.39 is 22.2 Å². The Morgan fingerprint density at radius 1 is 1.24 bits per heavy atom. The predicted molar refractivity (Wildman–Crippen MR) is 65.3 cm³/mol. The Morgan fingerprint density at radius 3 is 2.41 bits per heavy atom. The number of aromatic amines is 1. The first-order valence-corrected chi connectivity index (χ1v) is 5.64. The third kappa shape index (κ3) is 2.18. The molecule has 88 valence electrons. The highest BCUT2D eigenvalue weighted by molar-refractivity contribution is 9.10. The molecule has 0 fully saturated rings. The third-order valence-corrected chi connectivity index (χ3v) is 2.88. The summed E-state index contributed by atoms with van der Waals surface area (Å²) in [5, 5.41) is -0.589. The number of hydrogen-bond donors (Lipinski definition) is 1. The van der Waals surface area contributed by atoms with Gasteiger partial charge in [0.25, 0.3) is 5.56 Å². The van der Waals surface area contributed by atoms with E-state index in [1.807, 2.05) is 4.98 Å². The topological polar surface area (TPSA) is 54.9 Å². The van der Waals surface area contributed by atoms with Crippen molar-refractivity contribution in [3.8, 4) is 5.69 Å². The Kier molecular flexibility index (Phi) is 3.17. The van der Waals surface area contributed by atoms with Gasteiger partial charge in [-0.1, -0.05) is 27.5 Å². The van der Waals surface area contributed by atoms with Crippen molar-refractivity contribution in [1.29, 1.82) is 0 Å². The monoisotopic (exact) mass is 318 g/mol. The lowest BCUT2D eigenvalue weighted by Gasteiger charge is -2.04. The van der Waals surface area contributed by atoms with Gasteiger partial charge >= 0.3 is 5.69 Å². The lowest BCUT2D eigenvalue weighted by atomic mass is 10.3. The van der Waals surface area contributed by atoms with Crippen LogP contribution in [0.3, 0.4) is 0 Å². The van der Waals surface area contributed by atoms with Gasteiger partial charge in [-0.3, -0.25) is 9.78 Å². The zero-order valence-electron chi connectivity index (χ0n) is 8.21. The summed E-state index contributed by atoms with van der Waals surface area (Å²) in [7, 11) is 0. The van der Waals surface area contributed by atoms with Crippen molar-refractivity contribution < 1.29 is 4.39 Å². The molecule has 0 atom stereocenters. The van der Waals surface area contributed by atoms with Crippen LogP contribution < -0.4 is 11.2 Å². The summed E-state index contributed by atoms with van der Waals surface area (Å²) in [5.41, 5.74) is -1.61. The maximum Gasteiger partial charge on any atom is 0.334 e. The number of nitrogens with zero attached hydrogens (tertiary/aromatic N) is 1. The molecule has 0 aliphatic carbocycles. The Balaban J connectivity index is 2.77. The van der Waals surface area contributed by atoms with E-state index in [4.69, 9.17) is 11.6 Å². The predicted octanol–water partition coefficient (Wildman–Crippen LogP) is 2.08. The number of aromatic nitrogens is 2. The van der Waals surface area contributed by atoms with Crippen molar-refractivity contribution in [3.05, 3.63) is 60.5 Å². The zero-order chi connectivity index (χ0) is 12.6. The Morgan fingerprint density at radius 2 is 1.82 bits per heavy atom. The van der Waals surface area contributed by atoms with Gasteiger partial charge in [0, 0.05) is 4.47 Å². The van der Waals surface area contributed by atoms with Crippen molar-refractivity contribution in [2.45, 2.75) is 0 Å². The molecule has 0 bridgehead atoms. The summed E-state index contributed by atoms with van der Waals surface area (Å²) in [6, 6.07) is 6.28. The molecule has 0 aliphatic heterocycles. The van der Waals surface area contributed by atoms with E-state index in [1.165, 1.54) is 12.1 Å². The molecule has 1 heterocycles. The Bertz CT molecular complexity index is 678. The number of benzene rings is 1. The second-order valence-electron chi connectivity index (χ2n) is 3.18. The molecule has 17 heavy (non-hydrogen) atoms. The molecule has 0 radical (unpaired) electrons. The van der Waals surface area contributed by atoms with Crippen LogP contribution in [0.15, 0.2) is 38.3 Å². The number of hydrogen-bond acceptors (Lipinski definition) is 2. The molecule has 0 spiro atoms. The minimum absolute atomic E-state index is 0.259. The molecule has 0 saturated heterocycles. The molecular formula is C10H5BrClFN2O2. The average Bonchev–Trinajstić information content (AvgIpc) is 2.29. The molecule has 2 aromatic rings. The highest BCUT2D eigenvalue weighted by Crippen LogP contribution is 2.12. The fourth-order valence-electron chi connectivity index (χ4n) is 1.31. The molecule has 0 aliphatic rings. The standard InChI is InChI=1S/C10H5BrClFN2O2/c11-5-1-3-6(4-2-5)15-9(16)7(13)8(12)14-10(15)17/h1-4H,(H,14,17). The lowest BCUT2D eigenvalue weighted by Crippen LogP contribution is -2.35. The van der Waals surface area contributed by atoms with E-state index in [9.17, 15) is 14.0 Å². The van der Waals surface area contributed by atoms with Gasteiger partial charge in [-0.05, 0) is 24.3 Å². The molecule has 0 saturated carbocycles.